The highest BCUT2D eigenvalue weighted by atomic mass is 79.9. The molecular weight excluding hydrogens is 386 g/mol. The molecule has 1 aromatic carbocycles. The van der Waals surface area contributed by atoms with Gasteiger partial charge in [0.1, 0.15) is 11.5 Å². The highest BCUT2D eigenvalue weighted by Gasteiger charge is 2.24. The van der Waals surface area contributed by atoms with E-state index in [0.29, 0.717) is 6.54 Å². The third-order valence-corrected chi connectivity index (χ3v) is 4.32. The molecule has 132 valence electrons. The van der Waals surface area contributed by atoms with Crippen molar-refractivity contribution >= 4 is 27.9 Å². The molecule has 3 rings (SSSR count). The number of amides is 3. The summed E-state index contributed by atoms with van der Waals surface area (Å²) < 4.78 is 6.85. The third-order valence-electron chi connectivity index (χ3n) is 3.80. The molecule has 1 fully saturated rings. The zero-order valence-corrected chi connectivity index (χ0v) is 15.5. The Balaban J connectivity index is 1.49. The molecular formula is C18H20BrN3O3. The summed E-state index contributed by atoms with van der Waals surface area (Å²) in [5.74, 6) is 1.21. The van der Waals surface area contributed by atoms with E-state index >= 15 is 0 Å². The van der Waals surface area contributed by atoms with Gasteiger partial charge in [0.05, 0.1) is 13.1 Å². The number of imide groups is 1. The van der Waals surface area contributed by atoms with Crippen LogP contribution >= 0.6 is 15.9 Å². The highest BCUT2D eigenvalue weighted by molar-refractivity contribution is 9.10. The number of likely N-dealkylation sites (N-methyl/N-ethyl adjacent to an activating group) is 1. The van der Waals surface area contributed by atoms with Crippen molar-refractivity contribution in [2.75, 3.05) is 13.6 Å². The first kappa shape index (κ1) is 17.7. The molecule has 1 saturated carbocycles. The van der Waals surface area contributed by atoms with E-state index in [1.54, 1.807) is 11.9 Å². The van der Waals surface area contributed by atoms with Crippen LogP contribution in [-0.2, 0) is 11.3 Å². The van der Waals surface area contributed by atoms with Gasteiger partial charge in [-0.2, -0.15) is 0 Å². The Kier molecular flexibility index (Phi) is 5.55. The Morgan fingerprint density at radius 3 is 2.60 bits per heavy atom. The number of furan rings is 1. The Hall–Kier alpha value is -2.12. The van der Waals surface area contributed by atoms with Gasteiger partial charge in [-0.3, -0.25) is 15.0 Å². The first-order valence-electron chi connectivity index (χ1n) is 8.13. The fraction of sp³-hybridized carbons (Fsp3) is 0.333. The van der Waals surface area contributed by atoms with Crippen LogP contribution in [0.25, 0.3) is 11.3 Å². The Morgan fingerprint density at radius 2 is 1.92 bits per heavy atom. The molecule has 1 aliphatic rings. The lowest BCUT2D eigenvalue weighted by Crippen LogP contribution is -2.44. The van der Waals surface area contributed by atoms with Gasteiger partial charge in [0, 0.05) is 16.1 Å². The smallest absolute Gasteiger partial charge is 0.321 e. The van der Waals surface area contributed by atoms with E-state index < -0.39 is 6.03 Å². The molecule has 3 amide bonds. The van der Waals surface area contributed by atoms with Crippen LogP contribution in [0, 0.1) is 0 Å². The van der Waals surface area contributed by atoms with Gasteiger partial charge >= 0.3 is 6.03 Å². The molecule has 1 heterocycles. The van der Waals surface area contributed by atoms with Gasteiger partial charge in [-0.05, 0) is 44.2 Å². The summed E-state index contributed by atoms with van der Waals surface area (Å²) >= 11 is 3.41. The fourth-order valence-corrected chi connectivity index (χ4v) is 2.68. The molecule has 0 atom stereocenters. The number of nitrogens with zero attached hydrogens (tertiary/aromatic N) is 1. The van der Waals surface area contributed by atoms with E-state index in [4.69, 9.17) is 4.42 Å². The Bertz CT molecular complexity index is 753. The van der Waals surface area contributed by atoms with Gasteiger partial charge in [0.25, 0.3) is 0 Å². The summed E-state index contributed by atoms with van der Waals surface area (Å²) in [6.07, 6.45) is 1.97. The van der Waals surface area contributed by atoms with Crippen molar-refractivity contribution in [1.29, 1.82) is 0 Å². The van der Waals surface area contributed by atoms with Crippen LogP contribution in [-0.4, -0.2) is 36.5 Å². The fourth-order valence-electron chi connectivity index (χ4n) is 2.41. The predicted octanol–water partition coefficient (Wildman–Crippen LogP) is 3.13. The van der Waals surface area contributed by atoms with E-state index in [1.807, 2.05) is 36.4 Å². The normalized spacial score (nSPS) is 13.7. The number of halogens is 1. The highest BCUT2D eigenvalue weighted by Crippen LogP contribution is 2.24. The number of hydrogen-bond acceptors (Lipinski definition) is 4. The summed E-state index contributed by atoms with van der Waals surface area (Å²) in [4.78, 5) is 25.2. The van der Waals surface area contributed by atoms with Crippen molar-refractivity contribution in [2.24, 2.45) is 0 Å². The van der Waals surface area contributed by atoms with Crippen molar-refractivity contribution in [3.8, 4) is 11.3 Å². The van der Waals surface area contributed by atoms with Crippen molar-refractivity contribution in [3.05, 3.63) is 46.6 Å². The first-order valence-corrected chi connectivity index (χ1v) is 8.92. The van der Waals surface area contributed by atoms with Gasteiger partial charge in [0.2, 0.25) is 5.91 Å². The quantitative estimate of drug-likeness (QED) is 0.773. The summed E-state index contributed by atoms with van der Waals surface area (Å²) in [5, 5.41) is 5.06. The minimum atomic E-state index is -0.420. The maximum atomic E-state index is 11.9. The van der Waals surface area contributed by atoms with Crippen molar-refractivity contribution in [3.63, 3.8) is 0 Å². The van der Waals surface area contributed by atoms with E-state index in [-0.39, 0.29) is 18.5 Å². The van der Waals surface area contributed by atoms with Crippen molar-refractivity contribution in [1.82, 2.24) is 15.5 Å². The molecule has 1 aromatic heterocycles. The van der Waals surface area contributed by atoms with Crippen LogP contribution in [0.4, 0.5) is 4.79 Å². The van der Waals surface area contributed by atoms with E-state index in [9.17, 15) is 9.59 Å². The lowest BCUT2D eigenvalue weighted by atomic mass is 10.2. The van der Waals surface area contributed by atoms with Crippen LogP contribution in [0.1, 0.15) is 18.6 Å². The Labute approximate surface area is 154 Å². The number of rotatable bonds is 6. The van der Waals surface area contributed by atoms with Crippen LogP contribution in [0.3, 0.4) is 0 Å². The van der Waals surface area contributed by atoms with E-state index in [1.165, 1.54) is 0 Å². The minimum absolute atomic E-state index is 0.117. The average Bonchev–Trinajstić information content (AvgIpc) is 3.23. The van der Waals surface area contributed by atoms with Gasteiger partial charge < -0.3 is 9.73 Å². The topological polar surface area (TPSA) is 74.6 Å². The molecule has 7 heteroatoms. The molecule has 6 nitrogen and oxygen atoms in total. The first-order chi connectivity index (χ1) is 12.0. The van der Waals surface area contributed by atoms with Gasteiger partial charge in [-0.1, -0.05) is 28.1 Å². The van der Waals surface area contributed by atoms with Gasteiger partial charge in [-0.25, -0.2) is 4.79 Å². The molecule has 0 spiro atoms. The lowest BCUT2D eigenvalue weighted by molar-refractivity contribution is -0.121. The largest absolute Gasteiger partial charge is 0.460 e. The van der Waals surface area contributed by atoms with Gasteiger partial charge in [0.15, 0.2) is 0 Å². The van der Waals surface area contributed by atoms with E-state index in [0.717, 1.165) is 34.4 Å². The summed E-state index contributed by atoms with van der Waals surface area (Å²) in [6, 6.07) is 11.5. The molecule has 0 unspecified atom stereocenters. The SMILES string of the molecule is CN(CC(=O)NC(=O)NC1CC1)Cc1ccc(-c2ccc(Br)cc2)o1. The monoisotopic (exact) mass is 405 g/mol. The molecule has 2 aromatic rings. The molecule has 2 N–H and O–H groups in total. The molecule has 25 heavy (non-hydrogen) atoms. The molecule has 0 aliphatic heterocycles. The van der Waals surface area contributed by atoms with E-state index in [2.05, 4.69) is 26.6 Å². The van der Waals surface area contributed by atoms with Gasteiger partial charge in [-0.15, -0.1) is 0 Å². The van der Waals surface area contributed by atoms with Crippen LogP contribution < -0.4 is 10.6 Å². The van der Waals surface area contributed by atoms with Crippen LogP contribution in [0.15, 0.2) is 45.3 Å². The second kappa shape index (κ2) is 7.84. The summed E-state index contributed by atoms with van der Waals surface area (Å²) in [7, 11) is 1.81. The van der Waals surface area contributed by atoms with Crippen molar-refractivity contribution < 1.29 is 14.0 Å². The average molecular weight is 406 g/mol. The molecule has 0 bridgehead atoms. The maximum absolute atomic E-state index is 11.9. The third kappa shape index (κ3) is 5.44. The summed E-state index contributed by atoms with van der Waals surface area (Å²) in [6.45, 7) is 0.598. The van der Waals surface area contributed by atoms with Crippen LogP contribution in [0.2, 0.25) is 0 Å². The number of urea groups is 1. The molecule has 0 radical (unpaired) electrons. The Morgan fingerprint density at radius 1 is 1.20 bits per heavy atom. The number of carbonyl (C=O) groups is 2. The number of hydrogen-bond donors (Lipinski definition) is 2. The second-order valence-electron chi connectivity index (χ2n) is 6.24. The van der Waals surface area contributed by atoms with Crippen LogP contribution in [0.5, 0.6) is 0 Å². The minimum Gasteiger partial charge on any atom is -0.460 e. The zero-order valence-electron chi connectivity index (χ0n) is 13.9. The van der Waals surface area contributed by atoms with Crippen molar-refractivity contribution in [2.45, 2.75) is 25.4 Å². The maximum Gasteiger partial charge on any atom is 0.321 e. The lowest BCUT2D eigenvalue weighted by Gasteiger charge is -2.14. The summed E-state index contributed by atoms with van der Waals surface area (Å²) in [5.41, 5.74) is 0.992. The molecule has 1 aliphatic carbocycles. The zero-order chi connectivity index (χ0) is 17.8. The second-order valence-corrected chi connectivity index (χ2v) is 7.16. The predicted molar refractivity (Wildman–Crippen MR) is 97.9 cm³/mol. The number of carbonyl (C=O) groups excluding carboxylic acids is 2. The number of benzene rings is 1. The number of nitrogens with one attached hydrogen (secondary N) is 2. The standard InChI is InChI=1S/C18H20BrN3O3/c1-22(11-17(23)21-18(24)20-14-6-7-14)10-15-8-9-16(25-15)12-2-4-13(19)5-3-12/h2-5,8-9,14H,6-7,10-11H2,1H3,(H2,20,21,23,24). The molecule has 0 saturated heterocycles.